The Balaban J connectivity index is 1.14. The first-order valence-electron chi connectivity index (χ1n) is 21.9. The summed E-state index contributed by atoms with van der Waals surface area (Å²) in [5.74, 6) is 0. The van der Waals surface area contributed by atoms with Crippen molar-refractivity contribution in [3.8, 4) is 55.6 Å². The average molecular weight is 832 g/mol. The lowest BCUT2D eigenvalue weighted by molar-refractivity contribution is 1.29. The van der Waals surface area contributed by atoms with Crippen LogP contribution in [0.25, 0.3) is 97.4 Å². The fourth-order valence-corrected chi connectivity index (χ4v) is 11.0. The third-order valence-electron chi connectivity index (χ3n) is 12.6. The molecule has 0 atom stereocenters. The second-order valence-electron chi connectivity index (χ2n) is 16.4. The molecule has 1 heterocycles. The number of fused-ring (bicyclic) bond motifs is 6. The molecule has 300 valence electrons. The monoisotopic (exact) mass is 831 g/mol. The number of benzene rings is 11. The molecule has 1 aromatic heterocycles. The second kappa shape index (κ2) is 16.0. The van der Waals surface area contributed by atoms with Gasteiger partial charge in [0.1, 0.15) is 0 Å². The Kier molecular flexibility index (Phi) is 9.43. The van der Waals surface area contributed by atoms with Crippen LogP contribution in [-0.2, 0) is 0 Å². The molecule has 11 aromatic carbocycles. The molecule has 0 unspecified atom stereocenters. The molecule has 0 spiro atoms. The van der Waals surface area contributed by atoms with Gasteiger partial charge in [-0.25, -0.2) is 0 Å². The van der Waals surface area contributed by atoms with E-state index in [4.69, 9.17) is 0 Å². The van der Waals surface area contributed by atoms with Gasteiger partial charge in [0, 0.05) is 37.2 Å². The summed E-state index contributed by atoms with van der Waals surface area (Å²) in [4.78, 5) is 2.46. The van der Waals surface area contributed by atoms with Gasteiger partial charge in [-0.2, -0.15) is 0 Å². The Morgan fingerprint density at radius 2 is 0.734 bits per heavy atom. The number of anilines is 3. The highest BCUT2D eigenvalue weighted by atomic mass is 32.1. The van der Waals surface area contributed by atoms with Gasteiger partial charge in [0.25, 0.3) is 0 Å². The van der Waals surface area contributed by atoms with Crippen LogP contribution in [0.3, 0.4) is 0 Å². The van der Waals surface area contributed by atoms with Crippen LogP contribution in [-0.4, -0.2) is 0 Å². The third kappa shape index (κ3) is 6.55. The van der Waals surface area contributed by atoms with E-state index in [0.717, 1.165) is 17.1 Å². The van der Waals surface area contributed by atoms with E-state index in [2.05, 4.69) is 254 Å². The zero-order valence-electron chi connectivity index (χ0n) is 35.0. The maximum Gasteiger partial charge on any atom is 0.0468 e. The summed E-state index contributed by atoms with van der Waals surface area (Å²) in [6.07, 6.45) is 0. The number of rotatable bonds is 8. The van der Waals surface area contributed by atoms with E-state index in [1.54, 1.807) is 0 Å². The van der Waals surface area contributed by atoms with Crippen LogP contribution in [0.15, 0.2) is 249 Å². The standard InChI is InChI=1S/C62H41NS/c1-5-19-42(20-6-1)50-37-35-48(40-57(50)43-21-7-2-8-22-43)63(47-28-17-27-46(39-47)51-32-18-33-56-54-30-15-16-34-59(54)64-62(51)56)49-36-38-53-52-29-13-14-31-55(52)60(44-23-9-3-10-24-44)61(58(53)41-49)45-25-11-4-12-26-45/h1-41H. The summed E-state index contributed by atoms with van der Waals surface area (Å²) in [5, 5.41) is 7.53. The van der Waals surface area contributed by atoms with E-state index in [1.807, 2.05) is 11.3 Å². The quantitative estimate of drug-likeness (QED) is 0.138. The van der Waals surface area contributed by atoms with Crippen molar-refractivity contribution in [3.63, 3.8) is 0 Å². The smallest absolute Gasteiger partial charge is 0.0468 e. The van der Waals surface area contributed by atoms with Crippen molar-refractivity contribution in [1.29, 1.82) is 0 Å². The Bertz CT molecular complexity index is 3650. The largest absolute Gasteiger partial charge is 0.310 e. The molecule has 0 saturated carbocycles. The van der Waals surface area contributed by atoms with Crippen LogP contribution >= 0.6 is 11.3 Å². The Morgan fingerprint density at radius 3 is 1.44 bits per heavy atom. The first-order valence-corrected chi connectivity index (χ1v) is 22.7. The number of hydrogen-bond acceptors (Lipinski definition) is 2. The van der Waals surface area contributed by atoms with Crippen LogP contribution in [0.4, 0.5) is 17.1 Å². The lowest BCUT2D eigenvalue weighted by Crippen LogP contribution is -2.10. The minimum atomic E-state index is 1.08. The van der Waals surface area contributed by atoms with E-state index in [0.29, 0.717) is 0 Å². The molecular formula is C62H41NS. The third-order valence-corrected chi connectivity index (χ3v) is 13.9. The normalized spacial score (nSPS) is 11.4. The van der Waals surface area contributed by atoms with Gasteiger partial charge in [-0.15, -0.1) is 11.3 Å². The minimum Gasteiger partial charge on any atom is -0.310 e. The minimum absolute atomic E-state index is 1.08. The van der Waals surface area contributed by atoms with Gasteiger partial charge < -0.3 is 4.90 Å². The van der Waals surface area contributed by atoms with E-state index in [-0.39, 0.29) is 0 Å². The summed E-state index contributed by atoms with van der Waals surface area (Å²) >= 11 is 1.88. The van der Waals surface area contributed by atoms with E-state index < -0.39 is 0 Å². The summed E-state index contributed by atoms with van der Waals surface area (Å²) in [6.45, 7) is 0. The van der Waals surface area contributed by atoms with Crippen LogP contribution in [0.1, 0.15) is 0 Å². The first-order chi connectivity index (χ1) is 31.8. The Labute approximate surface area is 377 Å². The summed E-state index contributed by atoms with van der Waals surface area (Å²) in [6, 6.07) is 91.0. The van der Waals surface area contributed by atoms with Crippen LogP contribution in [0.5, 0.6) is 0 Å². The van der Waals surface area contributed by atoms with Crippen LogP contribution < -0.4 is 4.90 Å². The van der Waals surface area contributed by atoms with Crippen LogP contribution in [0.2, 0.25) is 0 Å². The lowest BCUT2D eigenvalue weighted by atomic mass is 9.85. The second-order valence-corrected chi connectivity index (χ2v) is 17.4. The van der Waals surface area contributed by atoms with E-state index >= 15 is 0 Å². The van der Waals surface area contributed by atoms with Crippen molar-refractivity contribution in [2.75, 3.05) is 4.90 Å². The molecule has 2 heteroatoms. The molecule has 0 aliphatic carbocycles. The summed E-state index contributed by atoms with van der Waals surface area (Å²) in [7, 11) is 0. The van der Waals surface area contributed by atoms with Crippen LogP contribution in [0, 0.1) is 0 Å². The van der Waals surface area contributed by atoms with E-state index in [1.165, 1.54) is 97.4 Å². The van der Waals surface area contributed by atoms with Gasteiger partial charge in [0.05, 0.1) is 0 Å². The molecule has 0 aliphatic rings. The van der Waals surface area contributed by atoms with Gasteiger partial charge in [-0.05, 0) is 120 Å². The fraction of sp³-hybridized carbons (Fsp3) is 0. The van der Waals surface area contributed by atoms with Gasteiger partial charge in [0.2, 0.25) is 0 Å². The topological polar surface area (TPSA) is 3.24 Å². The van der Waals surface area contributed by atoms with Gasteiger partial charge >= 0.3 is 0 Å². The molecule has 0 bridgehead atoms. The van der Waals surface area contributed by atoms with Crippen molar-refractivity contribution in [1.82, 2.24) is 0 Å². The predicted octanol–water partition coefficient (Wildman–Crippen LogP) is 18.2. The molecule has 0 aliphatic heterocycles. The van der Waals surface area contributed by atoms with Crippen molar-refractivity contribution in [2.24, 2.45) is 0 Å². The molecule has 0 N–H and O–H groups in total. The van der Waals surface area contributed by atoms with Crippen molar-refractivity contribution in [3.05, 3.63) is 249 Å². The highest BCUT2D eigenvalue weighted by molar-refractivity contribution is 7.26. The molecule has 12 rings (SSSR count). The molecule has 0 amide bonds. The van der Waals surface area contributed by atoms with Crippen molar-refractivity contribution >= 4 is 70.1 Å². The maximum absolute atomic E-state index is 2.46. The van der Waals surface area contributed by atoms with Crippen molar-refractivity contribution in [2.45, 2.75) is 0 Å². The van der Waals surface area contributed by atoms with Gasteiger partial charge in [-0.1, -0.05) is 206 Å². The highest BCUT2D eigenvalue weighted by Crippen LogP contribution is 2.48. The first kappa shape index (κ1) is 37.7. The maximum atomic E-state index is 2.46. The van der Waals surface area contributed by atoms with Crippen molar-refractivity contribution < 1.29 is 0 Å². The molecule has 1 nitrogen and oxygen atoms in total. The summed E-state index contributed by atoms with van der Waals surface area (Å²) < 4.78 is 2.62. The molecular weight excluding hydrogens is 791 g/mol. The average Bonchev–Trinajstić information content (AvgIpc) is 3.76. The molecule has 0 fully saturated rings. The SMILES string of the molecule is c1ccc(-c2ccc(N(c3cccc(-c4cccc5c4sc4ccccc45)c3)c3ccc4c(c3)c(-c3ccccc3)c(-c3ccccc3)c3ccccc34)cc2-c2ccccc2)cc1. The lowest BCUT2D eigenvalue weighted by Gasteiger charge is -2.28. The van der Waals surface area contributed by atoms with Gasteiger partial charge in [0.15, 0.2) is 0 Å². The molecule has 12 aromatic rings. The number of hydrogen-bond donors (Lipinski definition) is 0. The zero-order valence-corrected chi connectivity index (χ0v) is 35.8. The molecule has 0 radical (unpaired) electrons. The molecule has 0 saturated heterocycles. The number of nitrogens with zero attached hydrogens (tertiary/aromatic N) is 1. The van der Waals surface area contributed by atoms with Gasteiger partial charge in [-0.3, -0.25) is 0 Å². The number of thiophene rings is 1. The Hall–Kier alpha value is -8.04. The fourth-order valence-electron chi connectivity index (χ4n) is 9.76. The predicted molar refractivity (Wildman–Crippen MR) is 276 cm³/mol. The zero-order chi connectivity index (χ0) is 42.4. The molecule has 64 heavy (non-hydrogen) atoms. The highest BCUT2D eigenvalue weighted by Gasteiger charge is 2.22. The summed E-state index contributed by atoms with van der Waals surface area (Å²) in [5.41, 5.74) is 15.3. The Morgan fingerprint density at radius 1 is 0.250 bits per heavy atom. The van der Waals surface area contributed by atoms with E-state index in [9.17, 15) is 0 Å².